The van der Waals surface area contributed by atoms with Crippen LogP contribution >= 0.6 is 12.4 Å². The average molecular weight is 373 g/mol. The Kier molecular flexibility index (Phi) is 6.20. The molecule has 4 rings (SSSR count). The van der Waals surface area contributed by atoms with Crippen LogP contribution in [0.1, 0.15) is 17.9 Å². The van der Waals surface area contributed by atoms with Crippen molar-refractivity contribution >= 4 is 12.4 Å². The first-order chi connectivity index (χ1) is 12.4. The first kappa shape index (κ1) is 18.4. The fourth-order valence-electron chi connectivity index (χ4n) is 2.94. The molecule has 0 spiro atoms. The Bertz CT molecular complexity index is 802. The number of rotatable bonds is 6. The molecule has 136 valence electrons. The minimum Gasteiger partial charge on any atom is -0.489 e. The number of hydrogen-bond donors (Lipinski definition) is 1. The van der Waals surface area contributed by atoms with E-state index in [9.17, 15) is 0 Å². The highest BCUT2D eigenvalue weighted by Gasteiger charge is 2.18. The molecular formula is C19H21ClN4O2. The van der Waals surface area contributed by atoms with E-state index in [2.05, 4.69) is 20.4 Å². The lowest BCUT2D eigenvalue weighted by molar-refractivity contribution is 0.306. The van der Waals surface area contributed by atoms with Gasteiger partial charge in [0.1, 0.15) is 12.4 Å². The molecule has 26 heavy (non-hydrogen) atoms. The first-order valence-corrected chi connectivity index (χ1v) is 8.52. The summed E-state index contributed by atoms with van der Waals surface area (Å²) in [5.74, 6) is 2.73. The maximum absolute atomic E-state index is 5.77. The Hall–Kier alpha value is -2.44. The number of halogens is 1. The van der Waals surface area contributed by atoms with E-state index in [1.54, 1.807) is 12.4 Å². The Balaban J connectivity index is 0.00000196. The molecule has 2 aromatic heterocycles. The van der Waals surface area contributed by atoms with Crippen LogP contribution in [0.5, 0.6) is 5.75 Å². The van der Waals surface area contributed by atoms with Crippen LogP contribution in [0.2, 0.25) is 0 Å². The number of aromatic nitrogens is 3. The second-order valence-electron chi connectivity index (χ2n) is 6.25. The molecule has 1 aromatic carbocycles. The van der Waals surface area contributed by atoms with Gasteiger partial charge < -0.3 is 14.6 Å². The first-order valence-electron chi connectivity index (χ1n) is 8.52. The molecule has 1 saturated heterocycles. The van der Waals surface area contributed by atoms with Crippen LogP contribution in [0.4, 0.5) is 0 Å². The van der Waals surface area contributed by atoms with E-state index in [4.69, 9.17) is 9.26 Å². The number of ether oxygens (including phenoxy) is 1. The standard InChI is InChI=1S/C19H20N4O2.ClH/c1-2-15(12-20-8-1)13-24-17-5-3-16(4-6-17)19-22-18(25-23-19)10-14-7-9-21-11-14;/h1-6,8,12,14,21H,7,9-11,13H2;1H. The minimum atomic E-state index is 0. The fourth-order valence-corrected chi connectivity index (χ4v) is 2.94. The zero-order valence-corrected chi connectivity index (χ0v) is 15.1. The van der Waals surface area contributed by atoms with Crippen LogP contribution in [0.3, 0.4) is 0 Å². The quantitative estimate of drug-likeness (QED) is 0.715. The zero-order chi connectivity index (χ0) is 16.9. The summed E-state index contributed by atoms with van der Waals surface area (Å²) in [6.45, 7) is 2.60. The number of nitrogens with one attached hydrogen (secondary N) is 1. The molecule has 3 aromatic rings. The van der Waals surface area contributed by atoms with Gasteiger partial charge in [-0.3, -0.25) is 4.98 Å². The van der Waals surface area contributed by atoms with Crippen molar-refractivity contribution in [2.45, 2.75) is 19.4 Å². The summed E-state index contributed by atoms with van der Waals surface area (Å²) < 4.78 is 11.2. The van der Waals surface area contributed by atoms with Gasteiger partial charge in [0.05, 0.1) is 0 Å². The summed E-state index contributed by atoms with van der Waals surface area (Å²) >= 11 is 0. The summed E-state index contributed by atoms with van der Waals surface area (Å²) in [7, 11) is 0. The van der Waals surface area contributed by atoms with Crippen LogP contribution in [-0.4, -0.2) is 28.2 Å². The van der Waals surface area contributed by atoms with Gasteiger partial charge in [0.25, 0.3) is 0 Å². The lowest BCUT2D eigenvalue weighted by atomic mass is 10.1. The van der Waals surface area contributed by atoms with Gasteiger partial charge >= 0.3 is 0 Å². The topological polar surface area (TPSA) is 73.1 Å². The predicted molar refractivity (Wildman–Crippen MR) is 100 cm³/mol. The molecule has 3 heterocycles. The molecule has 1 fully saturated rings. The van der Waals surface area contributed by atoms with E-state index in [0.717, 1.165) is 36.4 Å². The van der Waals surface area contributed by atoms with Gasteiger partial charge in [0, 0.05) is 29.9 Å². The second-order valence-corrected chi connectivity index (χ2v) is 6.25. The van der Waals surface area contributed by atoms with Crippen molar-refractivity contribution in [3.8, 4) is 17.1 Å². The van der Waals surface area contributed by atoms with Gasteiger partial charge in [0.15, 0.2) is 0 Å². The summed E-state index contributed by atoms with van der Waals surface area (Å²) in [6, 6.07) is 11.6. The zero-order valence-electron chi connectivity index (χ0n) is 14.3. The van der Waals surface area contributed by atoms with Crippen molar-refractivity contribution in [2.75, 3.05) is 13.1 Å². The molecule has 0 radical (unpaired) electrons. The molecular weight excluding hydrogens is 352 g/mol. The maximum Gasteiger partial charge on any atom is 0.227 e. The normalized spacial score (nSPS) is 16.2. The molecule has 0 aliphatic carbocycles. The lowest BCUT2D eigenvalue weighted by Gasteiger charge is -2.06. The van der Waals surface area contributed by atoms with Gasteiger partial charge in [-0.2, -0.15) is 4.98 Å². The van der Waals surface area contributed by atoms with E-state index in [1.165, 1.54) is 6.42 Å². The molecule has 0 saturated carbocycles. The smallest absolute Gasteiger partial charge is 0.227 e. The Labute approximate surface area is 158 Å². The van der Waals surface area contributed by atoms with Gasteiger partial charge in [-0.1, -0.05) is 11.2 Å². The van der Waals surface area contributed by atoms with Crippen molar-refractivity contribution in [1.82, 2.24) is 20.4 Å². The van der Waals surface area contributed by atoms with Gasteiger partial charge in [-0.15, -0.1) is 12.4 Å². The number of nitrogens with zero attached hydrogens (tertiary/aromatic N) is 3. The van der Waals surface area contributed by atoms with Crippen LogP contribution in [-0.2, 0) is 13.0 Å². The highest BCUT2D eigenvalue weighted by molar-refractivity contribution is 5.85. The van der Waals surface area contributed by atoms with Crippen molar-refractivity contribution in [1.29, 1.82) is 0 Å². The van der Waals surface area contributed by atoms with Crippen LogP contribution in [0.25, 0.3) is 11.4 Å². The predicted octanol–water partition coefficient (Wildman–Crippen LogP) is 3.28. The van der Waals surface area contributed by atoms with E-state index >= 15 is 0 Å². The van der Waals surface area contributed by atoms with Gasteiger partial charge in [-0.25, -0.2) is 0 Å². The van der Waals surface area contributed by atoms with Crippen molar-refractivity contribution in [2.24, 2.45) is 5.92 Å². The van der Waals surface area contributed by atoms with E-state index in [0.29, 0.717) is 24.2 Å². The third kappa shape index (κ3) is 4.59. The Morgan fingerprint density at radius 2 is 2.08 bits per heavy atom. The molecule has 1 N–H and O–H groups in total. The summed E-state index contributed by atoms with van der Waals surface area (Å²) in [5, 5.41) is 7.45. The van der Waals surface area contributed by atoms with Crippen LogP contribution in [0, 0.1) is 5.92 Å². The molecule has 1 atom stereocenters. The third-order valence-electron chi connectivity index (χ3n) is 4.33. The highest BCUT2D eigenvalue weighted by Crippen LogP contribution is 2.22. The Morgan fingerprint density at radius 1 is 1.19 bits per heavy atom. The summed E-state index contributed by atoms with van der Waals surface area (Å²) in [6.07, 6.45) is 5.56. The summed E-state index contributed by atoms with van der Waals surface area (Å²) in [4.78, 5) is 8.59. The van der Waals surface area contributed by atoms with Gasteiger partial charge in [-0.05, 0) is 55.8 Å². The maximum atomic E-state index is 5.77. The van der Waals surface area contributed by atoms with Crippen molar-refractivity contribution in [3.05, 3.63) is 60.2 Å². The highest BCUT2D eigenvalue weighted by atomic mass is 35.5. The molecule has 1 aliphatic heterocycles. The monoisotopic (exact) mass is 372 g/mol. The number of hydrogen-bond acceptors (Lipinski definition) is 6. The SMILES string of the molecule is Cl.c1cncc(COc2ccc(-c3noc(CC4CCNC4)n3)cc2)c1. The molecule has 6 nitrogen and oxygen atoms in total. The van der Waals surface area contributed by atoms with Crippen LogP contribution < -0.4 is 10.1 Å². The molecule has 0 amide bonds. The van der Waals surface area contributed by atoms with Gasteiger partial charge in [0.2, 0.25) is 11.7 Å². The number of pyridine rings is 1. The number of benzene rings is 1. The van der Waals surface area contributed by atoms with Crippen molar-refractivity contribution < 1.29 is 9.26 Å². The molecule has 0 bridgehead atoms. The summed E-state index contributed by atoms with van der Waals surface area (Å²) in [5.41, 5.74) is 1.96. The largest absolute Gasteiger partial charge is 0.489 e. The molecule has 7 heteroatoms. The van der Waals surface area contributed by atoms with E-state index in [-0.39, 0.29) is 12.4 Å². The second kappa shape index (κ2) is 8.78. The Morgan fingerprint density at radius 3 is 2.81 bits per heavy atom. The molecule has 1 unspecified atom stereocenters. The third-order valence-corrected chi connectivity index (χ3v) is 4.33. The van der Waals surface area contributed by atoms with E-state index in [1.807, 2.05) is 36.4 Å². The van der Waals surface area contributed by atoms with Crippen molar-refractivity contribution in [3.63, 3.8) is 0 Å². The fraction of sp³-hybridized carbons (Fsp3) is 0.316. The van der Waals surface area contributed by atoms with E-state index < -0.39 is 0 Å². The lowest BCUT2D eigenvalue weighted by Crippen LogP contribution is -2.10. The van der Waals surface area contributed by atoms with Crippen LogP contribution in [0.15, 0.2) is 53.3 Å². The molecule has 1 aliphatic rings. The average Bonchev–Trinajstić information content (AvgIpc) is 3.34. The minimum absolute atomic E-state index is 0.